The summed E-state index contributed by atoms with van der Waals surface area (Å²) in [4.78, 5) is 21.6. The molecule has 0 aliphatic rings. The quantitative estimate of drug-likeness (QED) is 0.501. The zero-order valence-electron chi connectivity index (χ0n) is 8.41. The predicted octanol–water partition coefficient (Wildman–Crippen LogP) is -1.36. The van der Waals surface area contributed by atoms with Crippen LogP contribution < -0.4 is 11.1 Å². The molecule has 6 heteroatoms. The zero-order valence-corrected chi connectivity index (χ0v) is 8.41. The van der Waals surface area contributed by atoms with Gasteiger partial charge >= 0.3 is 0 Å². The van der Waals surface area contributed by atoms with Crippen molar-refractivity contribution >= 4 is 11.8 Å². The van der Waals surface area contributed by atoms with Crippen molar-refractivity contribution in [2.24, 2.45) is 5.73 Å². The monoisotopic (exact) mass is 204 g/mol. The van der Waals surface area contributed by atoms with E-state index >= 15 is 0 Å². The van der Waals surface area contributed by atoms with Crippen LogP contribution in [0.15, 0.2) is 0 Å². The van der Waals surface area contributed by atoms with Crippen molar-refractivity contribution in [3.05, 3.63) is 0 Å². The van der Waals surface area contributed by atoms with Crippen molar-refractivity contribution in [1.82, 2.24) is 5.32 Å². The van der Waals surface area contributed by atoms with Crippen LogP contribution in [-0.2, 0) is 19.1 Å². The summed E-state index contributed by atoms with van der Waals surface area (Å²) in [5, 5.41) is 2.38. The SMILES string of the molecule is COCCOCC(=O)N[C@H](C)C(N)=O. The lowest BCUT2D eigenvalue weighted by Crippen LogP contribution is -2.43. The lowest BCUT2D eigenvalue weighted by atomic mass is 10.3. The molecule has 0 bridgehead atoms. The summed E-state index contributed by atoms with van der Waals surface area (Å²) in [5.74, 6) is -0.942. The lowest BCUT2D eigenvalue weighted by Gasteiger charge is -2.09. The topological polar surface area (TPSA) is 90.7 Å². The van der Waals surface area contributed by atoms with Gasteiger partial charge in [-0.3, -0.25) is 9.59 Å². The summed E-state index contributed by atoms with van der Waals surface area (Å²) >= 11 is 0. The maximum absolute atomic E-state index is 11.0. The second kappa shape index (κ2) is 7.28. The Labute approximate surface area is 82.7 Å². The van der Waals surface area contributed by atoms with E-state index in [0.29, 0.717) is 13.2 Å². The molecule has 0 rings (SSSR count). The first-order chi connectivity index (χ1) is 6.57. The molecule has 0 unspecified atom stereocenters. The fourth-order valence-electron chi connectivity index (χ4n) is 0.661. The first kappa shape index (κ1) is 12.9. The van der Waals surface area contributed by atoms with Gasteiger partial charge in [-0.25, -0.2) is 0 Å². The maximum atomic E-state index is 11.0. The van der Waals surface area contributed by atoms with Gasteiger partial charge in [0, 0.05) is 7.11 Å². The number of ether oxygens (including phenoxy) is 2. The molecule has 1 atom stereocenters. The van der Waals surface area contributed by atoms with Gasteiger partial charge in [0.05, 0.1) is 13.2 Å². The Morgan fingerprint density at radius 1 is 1.43 bits per heavy atom. The highest BCUT2D eigenvalue weighted by Gasteiger charge is 2.11. The summed E-state index contributed by atoms with van der Waals surface area (Å²) in [6, 6.07) is -0.673. The van der Waals surface area contributed by atoms with Crippen molar-refractivity contribution < 1.29 is 19.1 Å². The molecule has 82 valence electrons. The van der Waals surface area contributed by atoms with Gasteiger partial charge in [0.1, 0.15) is 12.6 Å². The van der Waals surface area contributed by atoms with E-state index in [4.69, 9.17) is 15.2 Å². The number of primary amides is 1. The van der Waals surface area contributed by atoms with Gasteiger partial charge in [-0.05, 0) is 6.92 Å². The summed E-state index contributed by atoms with van der Waals surface area (Å²) in [6.45, 7) is 2.18. The molecule has 0 aliphatic carbocycles. The largest absolute Gasteiger partial charge is 0.382 e. The number of hydrogen-bond acceptors (Lipinski definition) is 4. The van der Waals surface area contributed by atoms with E-state index < -0.39 is 11.9 Å². The Morgan fingerprint density at radius 2 is 2.07 bits per heavy atom. The fraction of sp³-hybridized carbons (Fsp3) is 0.750. The van der Waals surface area contributed by atoms with Gasteiger partial charge in [0.25, 0.3) is 0 Å². The van der Waals surface area contributed by atoms with Crippen LogP contribution in [0.25, 0.3) is 0 Å². The molecule has 0 saturated heterocycles. The van der Waals surface area contributed by atoms with Crippen LogP contribution in [0.1, 0.15) is 6.92 Å². The Hall–Kier alpha value is -1.14. The van der Waals surface area contributed by atoms with Crippen LogP contribution in [0.5, 0.6) is 0 Å². The van der Waals surface area contributed by atoms with Crippen LogP contribution in [0, 0.1) is 0 Å². The number of amides is 2. The second-order valence-corrected chi connectivity index (χ2v) is 2.74. The third-order valence-corrected chi connectivity index (χ3v) is 1.47. The fourth-order valence-corrected chi connectivity index (χ4v) is 0.661. The lowest BCUT2D eigenvalue weighted by molar-refractivity contribution is -0.130. The zero-order chi connectivity index (χ0) is 11.0. The number of methoxy groups -OCH3 is 1. The van der Waals surface area contributed by atoms with Crippen molar-refractivity contribution in [1.29, 1.82) is 0 Å². The smallest absolute Gasteiger partial charge is 0.246 e. The highest BCUT2D eigenvalue weighted by Crippen LogP contribution is 1.81. The second-order valence-electron chi connectivity index (χ2n) is 2.74. The predicted molar refractivity (Wildman–Crippen MR) is 49.5 cm³/mol. The number of carbonyl (C=O) groups excluding carboxylic acids is 2. The highest BCUT2D eigenvalue weighted by molar-refractivity contribution is 5.86. The standard InChI is InChI=1S/C8H16N2O4/c1-6(8(9)12)10-7(11)5-14-4-3-13-2/h6H,3-5H2,1-2H3,(H2,9,12)(H,10,11)/t6-/m1/s1. The van der Waals surface area contributed by atoms with Gasteiger partial charge in [0.15, 0.2) is 0 Å². The van der Waals surface area contributed by atoms with E-state index in [2.05, 4.69) is 5.32 Å². The van der Waals surface area contributed by atoms with Crippen LogP contribution in [0.4, 0.5) is 0 Å². The average molecular weight is 204 g/mol. The molecule has 0 aliphatic heterocycles. The van der Waals surface area contributed by atoms with Gasteiger partial charge in [-0.15, -0.1) is 0 Å². The van der Waals surface area contributed by atoms with Crippen LogP contribution in [0.3, 0.4) is 0 Å². The van der Waals surface area contributed by atoms with E-state index in [1.165, 1.54) is 6.92 Å². The van der Waals surface area contributed by atoms with Gasteiger partial charge in [-0.2, -0.15) is 0 Å². The van der Waals surface area contributed by atoms with Gasteiger partial charge in [0.2, 0.25) is 11.8 Å². The van der Waals surface area contributed by atoms with Gasteiger partial charge < -0.3 is 20.5 Å². The Balaban J connectivity index is 3.50. The molecule has 0 saturated carbocycles. The summed E-state index contributed by atoms with van der Waals surface area (Å²) in [7, 11) is 1.54. The summed E-state index contributed by atoms with van der Waals surface area (Å²) < 4.78 is 9.64. The van der Waals surface area contributed by atoms with Crippen LogP contribution >= 0.6 is 0 Å². The number of carbonyl (C=O) groups is 2. The van der Waals surface area contributed by atoms with Crippen LogP contribution in [-0.4, -0.2) is 44.8 Å². The first-order valence-electron chi connectivity index (χ1n) is 4.23. The molecule has 0 spiro atoms. The third kappa shape index (κ3) is 6.38. The molecule has 0 aromatic rings. The minimum absolute atomic E-state index is 0.0962. The Kier molecular flexibility index (Phi) is 6.69. The van der Waals surface area contributed by atoms with E-state index in [-0.39, 0.29) is 12.5 Å². The molecular weight excluding hydrogens is 188 g/mol. The van der Waals surface area contributed by atoms with Crippen molar-refractivity contribution in [2.45, 2.75) is 13.0 Å². The van der Waals surface area contributed by atoms with E-state index in [1.807, 2.05) is 0 Å². The molecule has 14 heavy (non-hydrogen) atoms. The number of nitrogens with two attached hydrogens (primary N) is 1. The minimum Gasteiger partial charge on any atom is -0.382 e. The Bertz CT molecular complexity index is 196. The van der Waals surface area contributed by atoms with E-state index in [9.17, 15) is 9.59 Å². The number of hydrogen-bond donors (Lipinski definition) is 2. The highest BCUT2D eigenvalue weighted by atomic mass is 16.5. The molecule has 3 N–H and O–H groups in total. The molecular formula is C8H16N2O4. The minimum atomic E-state index is -0.673. The summed E-state index contributed by atoms with van der Waals surface area (Å²) in [5.41, 5.74) is 4.95. The molecule has 0 aromatic carbocycles. The van der Waals surface area contributed by atoms with Crippen LogP contribution in [0.2, 0.25) is 0 Å². The first-order valence-corrected chi connectivity index (χ1v) is 4.23. The molecule has 0 aromatic heterocycles. The molecule has 6 nitrogen and oxygen atoms in total. The van der Waals surface area contributed by atoms with Crippen molar-refractivity contribution in [3.8, 4) is 0 Å². The third-order valence-electron chi connectivity index (χ3n) is 1.47. The Morgan fingerprint density at radius 3 is 2.57 bits per heavy atom. The summed E-state index contributed by atoms with van der Waals surface area (Å²) in [6.07, 6.45) is 0. The maximum Gasteiger partial charge on any atom is 0.246 e. The van der Waals surface area contributed by atoms with Gasteiger partial charge in [-0.1, -0.05) is 0 Å². The van der Waals surface area contributed by atoms with Crippen molar-refractivity contribution in [2.75, 3.05) is 26.9 Å². The number of rotatable bonds is 7. The molecule has 2 amide bonds. The number of nitrogens with one attached hydrogen (secondary N) is 1. The van der Waals surface area contributed by atoms with E-state index in [0.717, 1.165) is 0 Å². The molecule has 0 heterocycles. The normalized spacial score (nSPS) is 12.1. The van der Waals surface area contributed by atoms with Crippen molar-refractivity contribution in [3.63, 3.8) is 0 Å². The average Bonchev–Trinajstić information content (AvgIpc) is 2.12. The van der Waals surface area contributed by atoms with E-state index in [1.54, 1.807) is 7.11 Å². The molecule has 0 radical (unpaired) electrons. The molecule has 0 fully saturated rings.